The number of alkyl halides is 6. The van der Waals surface area contributed by atoms with Crippen molar-refractivity contribution in [2.24, 2.45) is 17.8 Å². The van der Waals surface area contributed by atoms with Gasteiger partial charge in [0.1, 0.15) is 11.4 Å². The van der Waals surface area contributed by atoms with Crippen LogP contribution in [0.5, 0.6) is 5.75 Å². The maximum Gasteiger partial charge on any atom is 0.416 e. The Labute approximate surface area is 216 Å². The van der Waals surface area contributed by atoms with Gasteiger partial charge in [-0.3, -0.25) is 9.69 Å². The summed E-state index contributed by atoms with van der Waals surface area (Å²) in [7, 11) is 0. The first-order chi connectivity index (χ1) is 17.8. The van der Waals surface area contributed by atoms with Gasteiger partial charge < -0.3 is 9.84 Å². The molecular formula is C28H29F6NO3. The molecule has 0 amide bonds. The Bertz CT molecular complexity index is 1210. The maximum absolute atomic E-state index is 13.6. The van der Waals surface area contributed by atoms with Crippen LogP contribution in [-0.2, 0) is 36.5 Å². The van der Waals surface area contributed by atoms with Crippen LogP contribution >= 0.6 is 0 Å². The summed E-state index contributed by atoms with van der Waals surface area (Å²) in [5, 5.41) is 9.25. The fourth-order valence-electron chi connectivity index (χ4n) is 6.59. The zero-order valence-corrected chi connectivity index (χ0v) is 20.8. The molecule has 3 unspecified atom stereocenters. The van der Waals surface area contributed by atoms with Gasteiger partial charge in [0.15, 0.2) is 0 Å². The first kappa shape index (κ1) is 26.8. The fourth-order valence-corrected chi connectivity index (χ4v) is 6.59. The maximum atomic E-state index is 13.6. The summed E-state index contributed by atoms with van der Waals surface area (Å²) in [6.45, 7) is 2.31. The van der Waals surface area contributed by atoms with Gasteiger partial charge in [-0.2, -0.15) is 26.3 Å². The minimum atomic E-state index is -4.75. The molecular weight excluding hydrogens is 512 g/mol. The van der Waals surface area contributed by atoms with E-state index in [4.69, 9.17) is 4.74 Å². The Morgan fingerprint density at radius 2 is 1.74 bits per heavy atom. The van der Waals surface area contributed by atoms with E-state index in [1.165, 1.54) is 0 Å². The van der Waals surface area contributed by atoms with Crippen molar-refractivity contribution in [3.63, 3.8) is 0 Å². The lowest BCUT2D eigenvalue weighted by molar-refractivity contribution is -0.142. The molecule has 2 aromatic carbocycles. The summed E-state index contributed by atoms with van der Waals surface area (Å²) in [4.78, 5) is 13.1. The molecule has 1 saturated carbocycles. The number of aryl methyl sites for hydroxylation is 1. The van der Waals surface area contributed by atoms with Crippen LogP contribution in [0.15, 0.2) is 36.4 Å². The number of carbonyl (C=O) groups is 1. The molecule has 2 aliphatic heterocycles. The molecule has 0 aromatic heterocycles. The molecule has 1 aliphatic carbocycles. The largest absolute Gasteiger partial charge is 0.486 e. The highest BCUT2D eigenvalue weighted by Gasteiger charge is 2.57. The summed E-state index contributed by atoms with van der Waals surface area (Å²) < 4.78 is 87.3. The minimum absolute atomic E-state index is 0.0381. The smallest absolute Gasteiger partial charge is 0.416 e. The number of aliphatic carboxylic acids is 1. The minimum Gasteiger partial charge on any atom is -0.486 e. The van der Waals surface area contributed by atoms with E-state index in [0.29, 0.717) is 37.7 Å². The van der Waals surface area contributed by atoms with Crippen molar-refractivity contribution >= 4 is 5.97 Å². The van der Waals surface area contributed by atoms with E-state index in [9.17, 15) is 36.2 Å². The second-order valence-corrected chi connectivity index (χ2v) is 11.0. The summed E-state index contributed by atoms with van der Waals surface area (Å²) in [6.07, 6.45) is -5.88. The molecule has 2 aromatic rings. The molecule has 2 bridgehead atoms. The van der Waals surface area contributed by atoms with Crippen molar-refractivity contribution in [2.75, 3.05) is 13.1 Å². The lowest BCUT2D eigenvalue weighted by Crippen LogP contribution is -2.58. The van der Waals surface area contributed by atoms with Crippen LogP contribution in [0.2, 0.25) is 0 Å². The molecule has 3 aliphatic rings. The van der Waals surface area contributed by atoms with E-state index in [-0.39, 0.29) is 23.9 Å². The van der Waals surface area contributed by atoms with Gasteiger partial charge in [0.2, 0.25) is 0 Å². The van der Waals surface area contributed by atoms with E-state index in [1.807, 2.05) is 23.1 Å². The van der Waals surface area contributed by atoms with Crippen LogP contribution < -0.4 is 4.74 Å². The third-order valence-electron chi connectivity index (χ3n) is 8.51. The van der Waals surface area contributed by atoms with Gasteiger partial charge in [0.05, 0.1) is 17.0 Å². The van der Waals surface area contributed by atoms with E-state index in [1.54, 1.807) is 6.92 Å². The number of rotatable bonds is 5. The molecule has 206 valence electrons. The number of nitrogens with zero attached hydrogens (tertiary/aromatic N) is 1. The SMILES string of the molecule is CC(Cc1ccc2c(c1)OC1(CC2)C2CCC1CN(Cc1cc(C(F)(F)F)ccc1C(F)(F)F)C2)C(=O)O. The molecule has 2 heterocycles. The van der Waals surface area contributed by atoms with Crippen LogP contribution in [0.4, 0.5) is 26.3 Å². The molecule has 10 heteroatoms. The number of hydrogen-bond donors (Lipinski definition) is 1. The van der Waals surface area contributed by atoms with Crippen molar-refractivity contribution in [2.45, 2.75) is 63.5 Å². The molecule has 2 fully saturated rings. The highest BCUT2D eigenvalue weighted by molar-refractivity contribution is 5.70. The summed E-state index contributed by atoms with van der Waals surface area (Å²) in [6, 6.07) is 7.43. The molecule has 4 nitrogen and oxygen atoms in total. The Hall–Kier alpha value is -2.75. The quantitative estimate of drug-likeness (QED) is 0.434. The predicted molar refractivity (Wildman–Crippen MR) is 127 cm³/mol. The standard InChI is InChI=1S/C28H29F6NO3/c1-16(25(36)37)10-17-2-3-18-8-9-26(38-24(18)11-17)21-4-5-22(26)15-35(14-21)13-19-12-20(27(29,30)31)6-7-23(19)28(32,33)34/h2-3,6-7,11-12,16,21-22H,4-5,8-10,13-15H2,1H3,(H,36,37). The second-order valence-electron chi connectivity index (χ2n) is 11.0. The number of carboxylic acids is 1. The fraction of sp³-hybridized carbons (Fsp3) is 0.536. The number of hydrogen-bond acceptors (Lipinski definition) is 3. The average Bonchev–Trinajstić information content (AvgIpc) is 2.99. The zero-order chi connectivity index (χ0) is 27.5. The monoisotopic (exact) mass is 541 g/mol. The lowest BCUT2D eigenvalue weighted by atomic mass is 9.74. The van der Waals surface area contributed by atoms with Crippen molar-refractivity contribution in [1.29, 1.82) is 0 Å². The second kappa shape index (κ2) is 9.47. The Morgan fingerprint density at radius 3 is 2.34 bits per heavy atom. The van der Waals surface area contributed by atoms with Crippen LogP contribution in [-0.4, -0.2) is 34.7 Å². The van der Waals surface area contributed by atoms with E-state index < -0.39 is 41.0 Å². The van der Waals surface area contributed by atoms with Crippen molar-refractivity contribution in [1.82, 2.24) is 4.90 Å². The van der Waals surface area contributed by atoms with E-state index >= 15 is 0 Å². The first-order valence-electron chi connectivity index (χ1n) is 12.8. The molecule has 5 rings (SSSR count). The lowest BCUT2D eigenvalue weighted by Gasteiger charge is -2.50. The predicted octanol–water partition coefficient (Wildman–Crippen LogP) is 6.59. The molecule has 38 heavy (non-hydrogen) atoms. The number of carboxylic acid groups (broad SMARTS) is 1. The summed E-state index contributed by atoms with van der Waals surface area (Å²) in [5.74, 6) is -0.608. The van der Waals surface area contributed by atoms with Gasteiger partial charge in [-0.15, -0.1) is 0 Å². The highest BCUT2D eigenvalue weighted by atomic mass is 19.4. The van der Waals surface area contributed by atoms with E-state index in [2.05, 4.69) is 0 Å². The number of benzene rings is 2. The Morgan fingerprint density at radius 1 is 1.05 bits per heavy atom. The summed E-state index contributed by atoms with van der Waals surface area (Å²) >= 11 is 0. The van der Waals surface area contributed by atoms with Crippen molar-refractivity contribution < 1.29 is 41.0 Å². The van der Waals surface area contributed by atoms with Gasteiger partial charge in [-0.1, -0.05) is 19.1 Å². The van der Waals surface area contributed by atoms with Gasteiger partial charge in [-0.25, -0.2) is 0 Å². The third-order valence-corrected chi connectivity index (χ3v) is 8.51. The molecule has 0 radical (unpaired) electrons. The summed E-state index contributed by atoms with van der Waals surface area (Å²) in [5.41, 5.74) is -1.05. The molecule has 1 saturated heterocycles. The topological polar surface area (TPSA) is 49.8 Å². The Kier molecular flexibility index (Phi) is 6.69. The van der Waals surface area contributed by atoms with Gasteiger partial charge >= 0.3 is 18.3 Å². The van der Waals surface area contributed by atoms with Crippen LogP contribution in [0.25, 0.3) is 0 Å². The third kappa shape index (κ3) is 4.99. The van der Waals surface area contributed by atoms with Crippen molar-refractivity contribution in [3.05, 3.63) is 64.2 Å². The normalized spacial score (nSPS) is 26.2. The zero-order valence-electron chi connectivity index (χ0n) is 20.8. The molecule has 1 N–H and O–H groups in total. The first-order valence-corrected chi connectivity index (χ1v) is 12.8. The highest BCUT2D eigenvalue weighted by Crippen LogP contribution is 2.53. The van der Waals surface area contributed by atoms with Crippen LogP contribution in [0, 0.1) is 17.8 Å². The number of piperidine rings is 1. The Balaban J connectivity index is 1.36. The van der Waals surface area contributed by atoms with Gasteiger partial charge in [0.25, 0.3) is 0 Å². The average molecular weight is 542 g/mol. The van der Waals surface area contributed by atoms with Crippen molar-refractivity contribution in [3.8, 4) is 5.75 Å². The number of likely N-dealkylation sites (tertiary alicyclic amines) is 1. The molecule has 3 atom stereocenters. The van der Waals surface area contributed by atoms with Crippen LogP contribution in [0.1, 0.15) is 54.0 Å². The van der Waals surface area contributed by atoms with Gasteiger partial charge in [0, 0.05) is 31.5 Å². The molecule has 1 spiro atoms. The number of ether oxygens (including phenoxy) is 1. The number of fused-ring (bicyclic) bond motifs is 1. The van der Waals surface area contributed by atoms with Gasteiger partial charge in [-0.05, 0) is 73.1 Å². The van der Waals surface area contributed by atoms with E-state index in [0.717, 1.165) is 42.6 Å². The number of halogens is 6. The van der Waals surface area contributed by atoms with Crippen LogP contribution in [0.3, 0.4) is 0 Å².